The molecular weight excluding hydrogens is 360 g/mol. The van der Waals surface area contributed by atoms with Gasteiger partial charge in [-0.15, -0.1) is 0 Å². The number of rotatable bonds is 6. The van der Waals surface area contributed by atoms with Gasteiger partial charge < -0.3 is 5.32 Å². The zero-order valence-electron chi connectivity index (χ0n) is 15.2. The lowest BCUT2D eigenvalue weighted by Crippen LogP contribution is -2.27. The molecular formula is C20H20N4O2S. The van der Waals surface area contributed by atoms with Crippen LogP contribution in [0.4, 0.5) is 5.13 Å². The molecule has 2 aromatic heterocycles. The van der Waals surface area contributed by atoms with Crippen LogP contribution < -0.4 is 10.2 Å². The van der Waals surface area contributed by atoms with Crippen LogP contribution in [0.5, 0.6) is 0 Å². The van der Waals surface area contributed by atoms with Crippen molar-refractivity contribution in [1.29, 1.82) is 0 Å². The Morgan fingerprint density at radius 2 is 1.78 bits per heavy atom. The summed E-state index contributed by atoms with van der Waals surface area (Å²) in [5.41, 5.74) is 2.58. The second kappa shape index (κ2) is 8.55. The Kier molecular flexibility index (Phi) is 5.93. The number of carbonyl (C=O) groups excluding carboxylic acids is 2. The summed E-state index contributed by atoms with van der Waals surface area (Å²) >= 11 is 1.23. The van der Waals surface area contributed by atoms with E-state index in [-0.39, 0.29) is 11.8 Å². The number of pyridine rings is 1. The number of nitrogens with one attached hydrogen (secondary N) is 1. The third-order valence-corrected chi connectivity index (χ3v) is 5.17. The highest BCUT2D eigenvalue weighted by Gasteiger charge is 2.21. The van der Waals surface area contributed by atoms with Gasteiger partial charge in [0.05, 0.1) is 12.2 Å². The largest absolute Gasteiger partial charge is 0.347 e. The van der Waals surface area contributed by atoms with Crippen molar-refractivity contribution in [3.63, 3.8) is 0 Å². The maximum absolute atomic E-state index is 12.5. The number of thiazole rings is 1. The Morgan fingerprint density at radius 3 is 2.44 bits per heavy atom. The van der Waals surface area contributed by atoms with Crippen molar-refractivity contribution in [2.45, 2.75) is 26.9 Å². The van der Waals surface area contributed by atoms with Crippen LogP contribution in [0.15, 0.2) is 54.9 Å². The predicted octanol–water partition coefficient (Wildman–Crippen LogP) is 3.33. The van der Waals surface area contributed by atoms with Crippen LogP contribution in [0.3, 0.4) is 0 Å². The maximum atomic E-state index is 12.5. The van der Waals surface area contributed by atoms with Gasteiger partial charge in [0.2, 0.25) is 5.91 Å². The number of nitrogens with zero attached hydrogens (tertiary/aromatic N) is 3. The topological polar surface area (TPSA) is 75.2 Å². The molecule has 7 heteroatoms. The molecule has 0 aliphatic heterocycles. The number of hydrogen-bond acceptors (Lipinski definition) is 5. The van der Waals surface area contributed by atoms with E-state index < -0.39 is 0 Å². The number of aryl methyl sites for hydroxylation is 1. The van der Waals surface area contributed by atoms with Gasteiger partial charge in [0.15, 0.2) is 5.13 Å². The van der Waals surface area contributed by atoms with Crippen LogP contribution >= 0.6 is 11.3 Å². The van der Waals surface area contributed by atoms with Crippen molar-refractivity contribution in [3.05, 3.63) is 76.6 Å². The molecule has 2 heterocycles. The average Bonchev–Trinajstić information content (AvgIpc) is 3.07. The Hall–Kier alpha value is -3.06. The van der Waals surface area contributed by atoms with E-state index in [1.165, 1.54) is 18.3 Å². The van der Waals surface area contributed by atoms with Gasteiger partial charge in [0.1, 0.15) is 4.88 Å². The minimum Gasteiger partial charge on any atom is -0.347 e. The van der Waals surface area contributed by atoms with E-state index in [4.69, 9.17) is 0 Å². The van der Waals surface area contributed by atoms with Crippen LogP contribution in [-0.4, -0.2) is 21.8 Å². The molecule has 1 N–H and O–H groups in total. The maximum Gasteiger partial charge on any atom is 0.263 e. The quantitative estimate of drug-likeness (QED) is 0.712. The smallest absolute Gasteiger partial charge is 0.263 e. The van der Waals surface area contributed by atoms with E-state index >= 15 is 0 Å². The van der Waals surface area contributed by atoms with Crippen LogP contribution in [0.1, 0.15) is 33.4 Å². The Morgan fingerprint density at radius 1 is 1.07 bits per heavy atom. The first-order valence-electron chi connectivity index (χ1n) is 8.51. The number of aromatic nitrogens is 2. The Bertz CT molecular complexity index is 926. The number of benzene rings is 1. The van der Waals surface area contributed by atoms with Crippen LogP contribution in [0.25, 0.3) is 0 Å². The van der Waals surface area contributed by atoms with Gasteiger partial charge in [-0.1, -0.05) is 41.7 Å². The summed E-state index contributed by atoms with van der Waals surface area (Å²) in [5, 5.41) is 3.41. The molecule has 0 radical (unpaired) electrons. The molecule has 138 valence electrons. The van der Waals surface area contributed by atoms with Gasteiger partial charge >= 0.3 is 0 Å². The number of anilines is 1. The lowest BCUT2D eigenvalue weighted by atomic mass is 10.2. The highest BCUT2D eigenvalue weighted by molar-refractivity contribution is 7.17. The number of amides is 2. The molecule has 0 aliphatic rings. The van der Waals surface area contributed by atoms with Crippen molar-refractivity contribution < 1.29 is 9.59 Å². The average molecular weight is 380 g/mol. The Labute approximate surface area is 161 Å². The van der Waals surface area contributed by atoms with E-state index in [1.807, 2.05) is 42.5 Å². The van der Waals surface area contributed by atoms with Gasteiger partial charge in [-0.2, -0.15) is 0 Å². The highest BCUT2D eigenvalue weighted by Crippen LogP contribution is 2.27. The van der Waals surface area contributed by atoms with Gasteiger partial charge in [-0.05, 0) is 30.2 Å². The third kappa shape index (κ3) is 4.77. The summed E-state index contributed by atoms with van der Waals surface area (Å²) < 4.78 is 0. The van der Waals surface area contributed by atoms with E-state index in [9.17, 15) is 9.59 Å². The second-order valence-electron chi connectivity index (χ2n) is 6.04. The molecule has 1 aromatic carbocycles. The SMILES string of the molecule is CC(=O)N(Cc1ccccc1)c1nc(C)c(C(=O)NCc2ccncc2)s1. The molecule has 0 atom stereocenters. The second-order valence-corrected chi connectivity index (χ2v) is 7.02. The molecule has 0 unspecified atom stereocenters. The first kappa shape index (κ1) is 18.7. The van der Waals surface area contributed by atoms with Crippen LogP contribution in [-0.2, 0) is 17.9 Å². The zero-order valence-corrected chi connectivity index (χ0v) is 16.0. The lowest BCUT2D eigenvalue weighted by Gasteiger charge is -2.17. The molecule has 0 spiro atoms. The van der Waals surface area contributed by atoms with E-state index in [1.54, 1.807) is 24.2 Å². The summed E-state index contributed by atoms with van der Waals surface area (Å²) in [5.74, 6) is -0.312. The normalized spacial score (nSPS) is 10.4. The molecule has 0 fully saturated rings. The molecule has 3 aromatic rings. The highest BCUT2D eigenvalue weighted by atomic mass is 32.1. The van der Waals surface area contributed by atoms with Crippen molar-refractivity contribution >= 4 is 28.3 Å². The zero-order chi connectivity index (χ0) is 19.2. The van der Waals surface area contributed by atoms with E-state index in [0.29, 0.717) is 28.8 Å². The summed E-state index contributed by atoms with van der Waals surface area (Å²) in [6, 6.07) is 13.4. The summed E-state index contributed by atoms with van der Waals surface area (Å²) in [4.78, 5) is 35.2. The monoisotopic (exact) mass is 380 g/mol. The lowest BCUT2D eigenvalue weighted by molar-refractivity contribution is -0.116. The minimum atomic E-state index is -0.198. The van der Waals surface area contributed by atoms with Crippen molar-refractivity contribution in [1.82, 2.24) is 15.3 Å². The summed E-state index contributed by atoms with van der Waals surface area (Å²) in [6.07, 6.45) is 3.37. The first-order chi connectivity index (χ1) is 13.0. The van der Waals surface area contributed by atoms with Crippen molar-refractivity contribution in [3.8, 4) is 0 Å². The molecule has 0 saturated heterocycles. The van der Waals surface area contributed by atoms with Crippen molar-refractivity contribution in [2.24, 2.45) is 0 Å². The molecule has 3 rings (SSSR count). The predicted molar refractivity (Wildman–Crippen MR) is 106 cm³/mol. The molecule has 6 nitrogen and oxygen atoms in total. The van der Waals surface area contributed by atoms with Crippen molar-refractivity contribution in [2.75, 3.05) is 4.90 Å². The van der Waals surface area contributed by atoms with Gasteiger partial charge in [-0.25, -0.2) is 4.98 Å². The summed E-state index contributed by atoms with van der Waals surface area (Å²) in [7, 11) is 0. The van der Waals surface area contributed by atoms with Gasteiger partial charge in [0.25, 0.3) is 5.91 Å². The molecule has 0 saturated carbocycles. The fraction of sp³-hybridized carbons (Fsp3) is 0.200. The Balaban J connectivity index is 1.75. The molecule has 0 aliphatic carbocycles. The fourth-order valence-corrected chi connectivity index (χ4v) is 3.58. The third-order valence-electron chi connectivity index (χ3n) is 3.99. The summed E-state index contributed by atoms with van der Waals surface area (Å²) in [6.45, 7) is 4.11. The first-order valence-corrected chi connectivity index (χ1v) is 9.33. The number of carbonyl (C=O) groups is 2. The van der Waals surface area contributed by atoms with Gasteiger partial charge in [0, 0.05) is 25.9 Å². The number of hydrogen-bond donors (Lipinski definition) is 1. The van der Waals surface area contributed by atoms with E-state index in [0.717, 1.165) is 11.1 Å². The molecule has 0 bridgehead atoms. The van der Waals surface area contributed by atoms with Crippen LogP contribution in [0.2, 0.25) is 0 Å². The molecule has 2 amide bonds. The fourth-order valence-electron chi connectivity index (χ4n) is 2.55. The minimum absolute atomic E-state index is 0.114. The molecule has 27 heavy (non-hydrogen) atoms. The van der Waals surface area contributed by atoms with Crippen LogP contribution in [0, 0.1) is 6.92 Å². The van der Waals surface area contributed by atoms with E-state index in [2.05, 4.69) is 15.3 Å². The standard InChI is InChI=1S/C20H20N4O2S/c1-14-18(19(26)22-12-16-8-10-21-11-9-16)27-20(23-14)24(15(2)25)13-17-6-4-3-5-7-17/h3-11H,12-13H2,1-2H3,(H,22,26). The van der Waals surface area contributed by atoms with Gasteiger partial charge in [-0.3, -0.25) is 19.5 Å².